The van der Waals surface area contributed by atoms with Crippen molar-refractivity contribution in [3.05, 3.63) is 21.9 Å². The lowest BCUT2D eigenvalue weighted by Gasteiger charge is -2.37. The molecule has 3 nitrogen and oxygen atoms in total. The zero-order valence-corrected chi connectivity index (χ0v) is 11.7. The van der Waals surface area contributed by atoms with E-state index in [1.807, 2.05) is 23.3 Å². The number of hydrogen-bond donors (Lipinski definition) is 0. The fourth-order valence-electron chi connectivity index (χ4n) is 3.46. The average molecular weight is 265 g/mol. The number of carbonyl (C=O) groups excluding carboxylic acids is 1. The number of likely N-dealkylation sites (tertiary alicyclic amines) is 1. The summed E-state index contributed by atoms with van der Waals surface area (Å²) in [7, 11) is 1.80. The van der Waals surface area contributed by atoms with Crippen molar-refractivity contribution >= 4 is 17.2 Å². The molecule has 1 aromatic rings. The monoisotopic (exact) mass is 265 g/mol. The summed E-state index contributed by atoms with van der Waals surface area (Å²) in [6.45, 7) is 3.75. The highest BCUT2D eigenvalue weighted by atomic mass is 32.1. The summed E-state index contributed by atoms with van der Waals surface area (Å²) >= 11 is 1.56. The van der Waals surface area contributed by atoms with E-state index >= 15 is 0 Å². The highest BCUT2D eigenvalue weighted by Gasteiger charge is 2.43. The van der Waals surface area contributed by atoms with Crippen LogP contribution in [0.5, 0.6) is 0 Å². The van der Waals surface area contributed by atoms with Crippen LogP contribution in [-0.2, 0) is 4.74 Å². The minimum Gasteiger partial charge on any atom is -0.381 e. The quantitative estimate of drug-likeness (QED) is 0.822. The van der Waals surface area contributed by atoms with Gasteiger partial charge >= 0.3 is 0 Å². The van der Waals surface area contributed by atoms with E-state index in [0.717, 1.165) is 23.5 Å². The van der Waals surface area contributed by atoms with Gasteiger partial charge in [0.2, 0.25) is 0 Å². The molecule has 1 aromatic heterocycles. The average Bonchev–Trinajstić information content (AvgIpc) is 2.89. The Bertz CT molecular complexity index is 442. The van der Waals surface area contributed by atoms with Crippen molar-refractivity contribution in [1.82, 2.24) is 4.90 Å². The summed E-state index contributed by atoms with van der Waals surface area (Å²) in [6, 6.07) is 2.02. The molecule has 0 N–H and O–H groups in total. The molecule has 2 fully saturated rings. The van der Waals surface area contributed by atoms with Crippen molar-refractivity contribution in [1.29, 1.82) is 0 Å². The molecule has 0 spiro atoms. The lowest BCUT2D eigenvalue weighted by molar-refractivity contribution is -0.0112. The number of methoxy groups -OCH3 is 1. The number of piperidine rings is 1. The second kappa shape index (κ2) is 4.67. The molecule has 2 heterocycles. The number of fused-ring (bicyclic) bond motifs is 2. The Morgan fingerprint density at radius 1 is 1.39 bits per heavy atom. The first-order valence-electron chi connectivity index (χ1n) is 6.57. The van der Waals surface area contributed by atoms with Crippen LogP contribution in [0.1, 0.15) is 28.1 Å². The van der Waals surface area contributed by atoms with Crippen molar-refractivity contribution in [2.45, 2.75) is 25.9 Å². The maximum Gasteiger partial charge on any atom is 0.264 e. The van der Waals surface area contributed by atoms with Gasteiger partial charge in [0.1, 0.15) is 0 Å². The number of nitrogens with zero attached hydrogens (tertiary/aromatic N) is 1. The van der Waals surface area contributed by atoms with Crippen LogP contribution in [-0.4, -0.2) is 37.1 Å². The lowest BCUT2D eigenvalue weighted by Crippen LogP contribution is -2.47. The predicted octanol–water partition coefficient (Wildman–Crippen LogP) is 2.55. The summed E-state index contributed by atoms with van der Waals surface area (Å²) in [5.74, 6) is 1.30. The largest absolute Gasteiger partial charge is 0.381 e. The molecule has 4 heteroatoms. The predicted molar refractivity (Wildman–Crippen MR) is 72.0 cm³/mol. The molecule has 1 saturated carbocycles. The first-order chi connectivity index (χ1) is 8.70. The van der Waals surface area contributed by atoms with E-state index < -0.39 is 0 Å². The third-order valence-electron chi connectivity index (χ3n) is 4.36. The molecular formula is C14H19NO2S. The molecule has 1 unspecified atom stereocenters. The molecule has 1 amide bonds. The Morgan fingerprint density at radius 3 is 2.56 bits per heavy atom. The van der Waals surface area contributed by atoms with Crippen LogP contribution in [0.25, 0.3) is 0 Å². The van der Waals surface area contributed by atoms with Gasteiger partial charge in [0.25, 0.3) is 5.91 Å². The van der Waals surface area contributed by atoms with Gasteiger partial charge in [0.15, 0.2) is 0 Å². The van der Waals surface area contributed by atoms with Crippen molar-refractivity contribution in [3.8, 4) is 0 Å². The minimum atomic E-state index is 0.217. The van der Waals surface area contributed by atoms with E-state index in [1.54, 1.807) is 18.4 Å². The van der Waals surface area contributed by atoms with Crippen molar-refractivity contribution < 1.29 is 9.53 Å². The normalized spacial score (nSPS) is 30.8. The molecule has 0 aromatic carbocycles. The maximum absolute atomic E-state index is 12.5. The highest BCUT2D eigenvalue weighted by Crippen LogP contribution is 2.39. The van der Waals surface area contributed by atoms with E-state index in [9.17, 15) is 4.79 Å². The van der Waals surface area contributed by atoms with E-state index in [2.05, 4.69) is 0 Å². The van der Waals surface area contributed by atoms with Crippen molar-refractivity contribution in [2.75, 3.05) is 20.2 Å². The Hall–Kier alpha value is -0.870. The maximum atomic E-state index is 12.5. The fourth-order valence-corrected chi connectivity index (χ4v) is 4.35. The van der Waals surface area contributed by atoms with Gasteiger partial charge in [-0.1, -0.05) is 0 Å². The summed E-state index contributed by atoms with van der Waals surface area (Å²) in [6.07, 6.45) is 2.78. The van der Waals surface area contributed by atoms with E-state index in [0.29, 0.717) is 17.9 Å². The van der Waals surface area contributed by atoms with Gasteiger partial charge in [-0.15, -0.1) is 11.3 Å². The zero-order valence-electron chi connectivity index (χ0n) is 10.9. The van der Waals surface area contributed by atoms with Crippen LogP contribution < -0.4 is 0 Å². The lowest BCUT2D eigenvalue weighted by atomic mass is 9.94. The number of ether oxygens (including phenoxy) is 1. The number of thiophene rings is 1. The first-order valence-corrected chi connectivity index (χ1v) is 7.45. The molecule has 0 radical (unpaired) electrons. The van der Waals surface area contributed by atoms with Gasteiger partial charge in [0.05, 0.1) is 11.0 Å². The molecule has 2 bridgehead atoms. The van der Waals surface area contributed by atoms with E-state index in [-0.39, 0.29) is 5.91 Å². The third-order valence-corrected chi connectivity index (χ3v) is 5.37. The second-order valence-corrected chi connectivity index (χ2v) is 6.36. The summed E-state index contributed by atoms with van der Waals surface area (Å²) < 4.78 is 5.59. The van der Waals surface area contributed by atoms with E-state index in [1.165, 1.54) is 12.8 Å². The number of amides is 1. The molecule has 1 aliphatic carbocycles. The van der Waals surface area contributed by atoms with Gasteiger partial charge in [-0.05, 0) is 36.8 Å². The summed E-state index contributed by atoms with van der Waals surface area (Å²) in [4.78, 5) is 15.4. The number of hydrogen-bond acceptors (Lipinski definition) is 3. The Morgan fingerprint density at radius 2 is 2.06 bits per heavy atom. The second-order valence-electron chi connectivity index (χ2n) is 5.44. The first kappa shape index (κ1) is 12.2. The molecule has 3 rings (SSSR count). The molecule has 2 aliphatic rings. The van der Waals surface area contributed by atoms with Crippen molar-refractivity contribution in [3.63, 3.8) is 0 Å². The SMILES string of the molecule is COC1[C@@H]2CC[C@H]1CN(C(=O)c1sccc1C)C2. The third kappa shape index (κ3) is 1.88. The Balaban J connectivity index is 1.76. The Labute approximate surface area is 112 Å². The number of rotatable bonds is 2. The van der Waals surface area contributed by atoms with E-state index in [4.69, 9.17) is 4.74 Å². The van der Waals surface area contributed by atoms with Crippen LogP contribution in [0.2, 0.25) is 0 Å². The van der Waals surface area contributed by atoms with Gasteiger partial charge in [-0.2, -0.15) is 0 Å². The van der Waals surface area contributed by atoms with Crippen LogP contribution >= 0.6 is 11.3 Å². The van der Waals surface area contributed by atoms with Gasteiger partial charge in [0, 0.05) is 32.0 Å². The van der Waals surface area contributed by atoms with Gasteiger partial charge in [-0.25, -0.2) is 0 Å². The fraction of sp³-hybridized carbons (Fsp3) is 0.643. The molecule has 1 aliphatic heterocycles. The topological polar surface area (TPSA) is 29.5 Å². The van der Waals surface area contributed by atoms with Crippen LogP contribution in [0.3, 0.4) is 0 Å². The van der Waals surface area contributed by atoms with Crippen LogP contribution in [0.15, 0.2) is 11.4 Å². The zero-order chi connectivity index (χ0) is 12.7. The van der Waals surface area contributed by atoms with Crippen molar-refractivity contribution in [2.24, 2.45) is 11.8 Å². The minimum absolute atomic E-state index is 0.217. The highest BCUT2D eigenvalue weighted by molar-refractivity contribution is 7.12. The molecule has 1 saturated heterocycles. The summed E-state index contributed by atoms with van der Waals surface area (Å²) in [5, 5.41) is 2.00. The number of aryl methyl sites for hydroxylation is 1. The summed E-state index contributed by atoms with van der Waals surface area (Å²) in [5.41, 5.74) is 1.10. The smallest absolute Gasteiger partial charge is 0.264 e. The Kier molecular flexibility index (Phi) is 3.16. The van der Waals surface area contributed by atoms with Gasteiger partial charge in [-0.3, -0.25) is 4.79 Å². The molecular weight excluding hydrogens is 246 g/mol. The molecule has 18 heavy (non-hydrogen) atoms. The molecule has 3 atom stereocenters. The van der Waals surface area contributed by atoms with Crippen LogP contribution in [0.4, 0.5) is 0 Å². The van der Waals surface area contributed by atoms with Crippen LogP contribution in [0, 0.1) is 18.8 Å². The molecule has 98 valence electrons. The number of carbonyl (C=O) groups is 1. The van der Waals surface area contributed by atoms with Gasteiger partial charge < -0.3 is 9.64 Å². The standard InChI is InChI=1S/C14H19NO2S/c1-9-5-6-18-13(9)14(16)15-7-10-3-4-11(8-15)12(10)17-2/h5-6,10-12H,3-4,7-8H2,1-2H3/t10-,11+,12?.